The Labute approximate surface area is 200 Å². The molecule has 3 aromatic rings. The van der Waals surface area contributed by atoms with Crippen LogP contribution in [0.1, 0.15) is 35.1 Å². The van der Waals surface area contributed by atoms with Gasteiger partial charge < -0.3 is 4.90 Å². The number of nitrogens with zero attached hydrogens (tertiary/aromatic N) is 4. The molecular weight excluding hydrogens is 428 g/mol. The number of rotatable bonds is 8. The molecule has 2 heterocycles. The smallest absolute Gasteiger partial charge is 0.241 e. The van der Waals surface area contributed by atoms with Crippen LogP contribution in [-0.2, 0) is 39.8 Å². The fourth-order valence-electron chi connectivity index (χ4n) is 4.70. The van der Waals surface area contributed by atoms with Gasteiger partial charge in [-0.3, -0.25) is 24.0 Å². The number of carbonyl (C=O) groups excluding carboxylic acids is 3. The van der Waals surface area contributed by atoms with Crippen molar-refractivity contribution in [1.82, 2.24) is 19.6 Å². The number of hydrogen-bond donors (Lipinski definition) is 0. The molecule has 0 N–H and O–H groups in total. The van der Waals surface area contributed by atoms with Crippen LogP contribution in [-0.4, -0.2) is 50.9 Å². The molecule has 0 spiro atoms. The van der Waals surface area contributed by atoms with Gasteiger partial charge in [0.25, 0.3) is 0 Å². The van der Waals surface area contributed by atoms with Gasteiger partial charge in [0.2, 0.25) is 17.7 Å². The predicted molar refractivity (Wildman–Crippen MR) is 129 cm³/mol. The topological polar surface area (TPSA) is 75.5 Å². The van der Waals surface area contributed by atoms with E-state index in [0.717, 1.165) is 22.3 Å². The third kappa shape index (κ3) is 4.64. The van der Waals surface area contributed by atoms with Gasteiger partial charge in [-0.05, 0) is 35.6 Å². The number of likely N-dealkylation sites (N-methyl/N-ethyl adjacent to an activating group) is 1. The van der Waals surface area contributed by atoms with Gasteiger partial charge >= 0.3 is 0 Å². The van der Waals surface area contributed by atoms with E-state index in [9.17, 15) is 14.4 Å². The van der Waals surface area contributed by atoms with E-state index in [1.807, 2.05) is 74.8 Å². The third-order valence-electron chi connectivity index (χ3n) is 6.63. The van der Waals surface area contributed by atoms with Crippen LogP contribution in [0.15, 0.2) is 67.0 Å². The Kier molecular flexibility index (Phi) is 6.63. The molecule has 0 aliphatic carbocycles. The maximum absolute atomic E-state index is 13.9. The first-order valence-electron chi connectivity index (χ1n) is 11.5. The highest BCUT2D eigenvalue weighted by molar-refractivity contribution is 6.10. The highest BCUT2D eigenvalue weighted by atomic mass is 16.2. The summed E-state index contributed by atoms with van der Waals surface area (Å²) in [7, 11) is 3.60. The van der Waals surface area contributed by atoms with E-state index >= 15 is 0 Å². The van der Waals surface area contributed by atoms with Crippen LogP contribution in [0.4, 0.5) is 0 Å². The van der Waals surface area contributed by atoms with Crippen LogP contribution in [0.5, 0.6) is 0 Å². The molecule has 3 amide bonds. The molecule has 34 heavy (non-hydrogen) atoms. The Morgan fingerprint density at radius 1 is 1.06 bits per heavy atom. The van der Waals surface area contributed by atoms with Gasteiger partial charge in [0.15, 0.2) is 0 Å². The molecule has 1 unspecified atom stereocenters. The average Bonchev–Trinajstić information content (AvgIpc) is 3.34. The fraction of sp³-hybridized carbons (Fsp3) is 0.333. The minimum atomic E-state index is -1.20. The van der Waals surface area contributed by atoms with E-state index < -0.39 is 5.41 Å². The minimum Gasteiger partial charge on any atom is -0.345 e. The highest BCUT2D eigenvalue weighted by Gasteiger charge is 2.54. The van der Waals surface area contributed by atoms with Gasteiger partial charge in [-0.15, -0.1) is 0 Å². The summed E-state index contributed by atoms with van der Waals surface area (Å²) < 4.78 is 1.73. The number of hydrogen-bond acceptors (Lipinski definition) is 4. The van der Waals surface area contributed by atoms with Crippen molar-refractivity contribution in [2.45, 2.75) is 38.1 Å². The lowest BCUT2D eigenvalue weighted by molar-refractivity contribution is -0.143. The van der Waals surface area contributed by atoms with Gasteiger partial charge in [0, 0.05) is 39.7 Å². The summed E-state index contributed by atoms with van der Waals surface area (Å²) in [4.78, 5) is 43.3. The van der Waals surface area contributed by atoms with Gasteiger partial charge in [-0.1, -0.05) is 54.6 Å². The van der Waals surface area contributed by atoms with E-state index in [0.29, 0.717) is 13.0 Å². The maximum atomic E-state index is 13.9. The van der Waals surface area contributed by atoms with Crippen LogP contribution in [0.2, 0.25) is 0 Å². The van der Waals surface area contributed by atoms with Crippen LogP contribution < -0.4 is 0 Å². The predicted octanol–water partition coefficient (Wildman–Crippen LogP) is 3.02. The van der Waals surface area contributed by atoms with E-state index in [-0.39, 0.29) is 37.1 Å². The van der Waals surface area contributed by atoms with Crippen LogP contribution in [0.3, 0.4) is 0 Å². The molecule has 1 aliphatic heterocycles. The van der Waals surface area contributed by atoms with Crippen molar-refractivity contribution in [3.05, 3.63) is 89.2 Å². The summed E-state index contributed by atoms with van der Waals surface area (Å²) in [5.74, 6) is -0.706. The second-order valence-corrected chi connectivity index (χ2v) is 9.11. The van der Waals surface area contributed by atoms with Crippen molar-refractivity contribution >= 4 is 17.7 Å². The lowest BCUT2D eigenvalue weighted by Gasteiger charge is -2.30. The molecular formula is C27H30N4O3. The van der Waals surface area contributed by atoms with E-state index in [1.165, 1.54) is 4.90 Å². The fourth-order valence-corrected chi connectivity index (χ4v) is 4.70. The molecule has 1 saturated heterocycles. The first-order chi connectivity index (χ1) is 16.3. The molecule has 7 heteroatoms. The Morgan fingerprint density at radius 3 is 2.44 bits per heavy atom. The summed E-state index contributed by atoms with van der Waals surface area (Å²) in [5, 5.41) is 4.17. The maximum Gasteiger partial charge on any atom is 0.241 e. The van der Waals surface area contributed by atoms with E-state index in [1.54, 1.807) is 22.8 Å². The van der Waals surface area contributed by atoms with Gasteiger partial charge in [-0.25, -0.2) is 0 Å². The van der Waals surface area contributed by atoms with Crippen molar-refractivity contribution in [1.29, 1.82) is 0 Å². The Bertz CT molecular complexity index is 1200. The molecule has 0 bridgehead atoms. The van der Waals surface area contributed by atoms with Gasteiger partial charge in [-0.2, -0.15) is 5.10 Å². The zero-order valence-electron chi connectivity index (χ0n) is 19.9. The summed E-state index contributed by atoms with van der Waals surface area (Å²) in [5.41, 5.74) is 2.37. The normalized spacial score (nSPS) is 17.9. The van der Waals surface area contributed by atoms with Crippen molar-refractivity contribution < 1.29 is 14.4 Å². The number of imide groups is 1. The summed E-state index contributed by atoms with van der Waals surface area (Å²) >= 11 is 0. The summed E-state index contributed by atoms with van der Waals surface area (Å²) in [6.45, 7) is 2.63. The van der Waals surface area contributed by atoms with Crippen LogP contribution in [0.25, 0.3) is 0 Å². The molecule has 4 rings (SSSR count). The number of amides is 3. The van der Waals surface area contributed by atoms with Gasteiger partial charge in [0.1, 0.15) is 0 Å². The summed E-state index contributed by atoms with van der Waals surface area (Å²) in [6, 6.07) is 17.0. The Balaban J connectivity index is 1.59. The molecule has 1 atom stereocenters. The van der Waals surface area contributed by atoms with E-state index in [2.05, 4.69) is 5.10 Å². The molecule has 1 aliphatic rings. The second kappa shape index (κ2) is 9.63. The third-order valence-corrected chi connectivity index (χ3v) is 6.63. The lowest BCUT2D eigenvalue weighted by Crippen LogP contribution is -2.43. The molecule has 7 nitrogen and oxygen atoms in total. The number of carbonyl (C=O) groups is 3. The van der Waals surface area contributed by atoms with Crippen LogP contribution >= 0.6 is 0 Å². The van der Waals surface area contributed by atoms with Crippen molar-refractivity contribution in [3.63, 3.8) is 0 Å². The standard InChI is InChI=1S/C27H30N4O3/c1-20-9-7-8-12-23(20)27(15-24(32)29(2)14-13-22-17-28-30(3)18-22)16-25(33)31(26(27)34)19-21-10-5-4-6-11-21/h4-12,17-18H,13-16,19H2,1-3H3. The zero-order chi connectivity index (χ0) is 24.3. The van der Waals surface area contributed by atoms with Crippen molar-refractivity contribution in [2.24, 2.45) is 7.05 Å². The highest BCUT2D eigenvalue weighted by Crippen LogP contribution is 2.42. The largest absolute Gasteiger partial charge is 0.345 e. The number of likely N-dealkylation sites (tertiary alicyclic amines) is 1. The minimum absolute atomic E-state index is 0.00823. The Hall–Kier alpha value is -3.74. The average molecular weight is 459 g/mol. The Morgan fingerprint density at radius 2 is 1.76 bits per heavy atom. The quantitative estimate of drug-likeness (QED) is 0.487. The first-order valence-corrected chi connectivity index (χ1v) is 11.5. The number of benzene rings is 2. The second-order valence-electron chi connectivity index (χ2n) is 9.11. The molecule has 176 valence electrons. The molecule has 1 fully saturated rings. The number of aromatic nitrogens is 2. The SMILES string of the molecule is Cc1ccccc1C1(CC(=O)N(C)CCc2cnn(C)c2)CC(=O)N(Cc2ccccc2)C1=O. The van der Waals surface area contributed by atoms with Crippen molar-refractivity contribution in [2.75, 3.05) is 13.6 Å². The molecule has 1 aromatic heterocycles. The first kappa shape index (κ1) is 23.4. The van der Waals surface area contributed by atoms with Gasteiger partial charge in [0.05, 0.1) is 18.2 Å². The zero-order valence-corrected chi connectivity index (χ0v) is 19.9. The molecule has 0 radical (unpaired) electrons. The monoisotopic (exact) mass is 458 g/mol. The summed E-state index contributed by atoms with van der Waals surface area (Å²) in [6.07, 6.45) is 4.32. The lowest BCUT2D eigenvalue weighted by atomic mass is 9.74. The van der Waals surface area contributed by atoms with Crippen molar-refractivity contribution in [3.8, 4) is 0 Å². The number of aryl methyl sites for hydroxylation is 2. The molecule has 2 aromatic carbocycles. The van der Waals surface area contributed by atoms with E-state index in [4.69, 9.17) is 0 Å². The molecule has 0 saturated carbocycles. The van der Waals surface area contributed by atoms with Crippen LogP contribution in [0, 0.1) is 6.92 Å².